The first-order chi connectivity index (χ1) is 8.04. The van der Waals surface area contributed by atoms with Crippen LogP contribution in [0.25, 0.3) is 0 Å². The van der Waals surface area contributed by atoms with Crippen molar-refractivity contribution in [3.8, 4) is 0 Å². The van der Waals surface area contributed by atoms with E-state index in [0.29, 0.717) is 0 Å². The van der Waals surface area contributed by atoms with Crippen molar-refractivity contribution in [1.29, 1.82) is 0 Å². The monoisotopic (exact) mass is 255 g/mol. The molecular formula is C11H17N3O2S. The van der Waals surface area contributed by atoms with Crippen LogP contribution in [-0.4, -0.2) is 38.8 Å². The first-order valence-corrected chi connectivity index (χ1v) is 7.57. The fourth-order valence-electron chi connectivity index (χ4n) is 2.07. The number of rotatable bonds is 3. The van der Waals surface area contributed by atoms with Crippen molar-refractivity contribution in [2.24, 2.45) is 0 Å². The van der Waals surface area contributed by atoms with E-state index in [0.717, 1.165) is 31.7 Å². The van der Waals surface area contributed by atoms with E-state index in [2.05, 4.69) is 14.6 Å². The van der Waals surface area contributed by atoms with Crippen LogP contribution in [0.15, 0.2) is 24.4 Å². The number of sulfonamides is 1. The molecular weight excluding hydrogens is 238 g/mol. The fourth-order valence-corrected chi connectivity index (χ4v) is 2.91. The van der Waals surface area contributed by atoms with Crippen LogP contribution in [0.3, 0.4) is 0 Å². The lowest BCUT2D eigenvalue weighted by molar-refractivity contribution is 0.460. The second-order valence-electron chi connectivity index (χ2n) is 4.34. The second kappa shape index (κ2) is 5.01. The van der Waals surface area contributed by atoms with Crippen molar-refractivity contribution >= 4 is 15.8 Å². The number of hydrogen-bond acceptors (Lipinski definition) is 4. The van der Waals surface area contributed by atoms with Gasteiger partial charge in [0.05, 0.1) is 6.26 Å². The highest BCUT2D eigenvalue weighted by Crippen LogP contribution is 2.17. The molecule has 0 aliphatic carbocycles. The molecule has 1 aliphatic heterocycles. The van der Waals surface area contributed by atoms with Gasteiger partial charge >= 0.3 is 0 Å². The van der Waals surface area contributed by atoms with Crippen LogP contribution in [0.1, 0.15) is 12.8 Å². The molecule has 0 amide bonds. The van der Waals surface area contributed by atoms with E-state index in [1.54, 1.807) is 6.20 Å². The molecule has 0 atom stereocenters. The Bertz CT molecular complexity index is 453. The fraction of sp³-hybridized carbons (Fsp3) is 0.545. The molecule has 0 saturated carbocycles. The molecule has 5 nitrogen and oxygen atoms in total. The topological polar surface area (TPSA) is 62.3 Å². The van der Waals surface area contributed by atoms with Gasteiger partial charge in [-0.1, -0.05) is 6.07 Å². The van der Waals surface area contributed by atoms with E-state index < -0.39 is 10.0 Å². The summed E-state index contributed by atoms with van der Waals surface area (Å²) in [5, 5.41) is 0. The van der Waals surface area contributed by atoms with Crippen LogP contribution >= 0.6 is 0 Å². The van der Waals surface area contributed by atoms with E-state index in [1.165, 1.54) is 6.26 Å². The maximum Gasteiger partial charge on any atom is 0.208 e. The minimum atomic E-state index is -3.09. The minimum Gasteiger partial charge on any atom is -0.357 e. The summed E-state index contributed by atoms with van der Waals surface area (Å²) < 4.78 is 24.9. The molecule has 6 heteroatoms. The maximum atomic E-state index is 11.1. The van der Waals surface area contributed by atoms with E-state index in [4.69, 9.17) is 0 Å². The predicted octanol–water partition coefficient (Wildman–Crippen LogP) is 0.600. The first kappa shape index (κ1) is 12.3. The largest absolute Gasteiger partial charge is 0.357 e. The SMILES string of the molecule is CS(=O)(=O)NC1CCN(c2ccccn2)CC1. The molecule has 0 spiro atoms. The van der Waals surface area contributed by atoms with Crippen molar-refractivity contribution in [3.05, 3.63) is 24.4 Å². The van der Waals surface area contributed by atoms with Gasteiger partial charge in [0.2, 0.25) is 10.0 Å². The summed E-state index contributed by atoms with van der Waals surface area (Å²) in [5.74, 6) is 0.963. The smallest absolute Gasteiger partial charge is 0.208 e. The van der Waals surface area contributed by atoms with Crippen LogP contribution in [0.2, 0.25) is 0 Å². The average molecular weight is 255 g/mol. The molecule has 0 unspecified atom stereocenters. The number of nitrogens with zero attached hydrogens (tertiary/aromatic N) is 2. The van der Waals surface area contributed by atoms with Crippen molar-refractivity contribution in [2.75, 3.05) is 24.2 Å². The zero-order chi connectivity index (χ0) is 12.3. The van der Waals surface area contributed by atoms with Crippen molar-refractivity contribution in [2.45, 2.75) is 18.9 Å². The summed E-state index contributed by atoms with van der Waals surface area (Å²) in [5.41, 5.74) is 0. The lowest BCUT2D eigenvalue weighted by Crippen LogP contribution is -2.44. The number of hydrogen-bond donors (Lipinski definition) is 1. The Kier molecular flexibility index (Phi) is 3.63. The molecule has 0 bridgehead atoms. The third kappa shape index (κ3) is 3.67. The van der Waals surface area contributed by atoms with E-state index in [1.807, 2.05) is 18.2 Å². The molecule has 0 radical (unpaired) electrons. The van der Waals surface area contributed by atoms with Gasteiger partial charge in [0.1, 0.15) is 5.82 Å². The summed E-state index contributed by atoms with van der Waals surface area (Å²) in [6.07, 6.45) is 4.63. The molecule has 94 valence electrons. The van der Waals surface area contributed by atoms with Crippen LogP contribution in [0.5, 0.6) is 0 Å². The highest BCUT2D eigenvalue weighted by Gasteiger charge is 2.21. The zero-order valence-corrected chi connectivity index (χ0v) is 10.7. The summed E-state index contributed by atoms with van der Waals surface area (Å²) in [7, 11) is -3.09. The minimum absolute atomic E-state index is 0.0602. The number of pyridine rings is 1. The summed E-state index contributed by atoms with van der Waals surface area (Å²) in [6.45, 7) is 1.68. The van der Waals surface area contributed by atoms with E-state index in [9.17, 15) is 8.42 Å². The Hall–Kier alpha value is -1.14. The lowest BCUT2D eigenvalue weighted by atomic mass is 10.1. The molecule has 1 aromatic rings. The van der Waals surface area contributed by atoms with Crippen LogP contribution in [0.4, 0.5) is 5.82 Å². The van der Waals surface area contributed by atoms with Gasteiger partial charge in [-0.05, 0) is 25.0 Å². The number of piperidine rings is 1. The molecule has 0 aromatic carbocycles. The number of aromatic nitrogens is 1. The van der Waals surface area contributed by atoms with E-state index in [-0.39, 0.29) is 6.04 Å². The Morgan fingerprint density at radius 2 is 2.06 bits per heavy atom. The maximum absolute atomic E-state index is 11.1. The molecule has 1 aliphatic rings. The highest BCUT2D eigenvalue weighted by atomic mass is 32.2. The molecule has 17 heavy (non-hydrogen) atoms. The quantitative estimate of drug-likeness (QED) is 0.859. The van der Waals surface area contributed by atoms with Crippen LogP contribution < -0.4 is 9.62 Å². The molecule has 1 aromatic heterocycles. The number of nitrogens with one attached hydrogen (secondary N) is 1. The van der Waals surface area contributed by atoms with E-state index >= 15 is 0 Å². The normalized spacial score (nSPS) is 18.3. The standard InChI is InChI=1S/C11H17N3O2S/c1-17(15,16)13-10-5-8-14(9-6-10)11-4-2-3-7-12-11/h2-4,7,10,13H,5-6,8-9H2,1H3. The van der Waals surface area contributed by atoms with Crippen LogP contribution in [0, 0.1) is 0 Å². The molecule has 1 saturated heterocycles. The third-order valence-electron chi connectivity index (χ3n) is 2.85. The van der Waals surface area contributed by atoms with Gasteiger partial charge in [0.15, 0.2) is 0 Å². The molecule has 1 N–H and O–H groups in total. The Morgan fingerprint density at radius 1 is 1.35 bits per heavy atom. The van der Waals surface area contributed by atoms with Crippen LogP contribution in [-0.2, 0) is 10.0 Å². The second-order valence-corrected chi connectivity index (χ2v) is 6.12. The third-order valence-corrected chi connectivity index (χ3v) is 3.61. The summed E-state index contributed by atoms with van der Waals surface area (Å²) in [6, 6.07) is 5.89. The lowest BCUT2D eigenvalue weighted by Gasteiger charge is -2.32. The van der Waals surface area contributed by atoms with Crippen molar-refractivity contribution in [1.82, 2.24) is 9.71 Å². The van der Waals surface area contributed by atoms with Gasteiger partial charge in [-0.2, -0.15) is 0 Å². The van der Waals surface area contributed by atoms with Gasteiger partial charge in [-0.15, -0.1) is 0 Å². The molecule has 2 rings (SSSR count). The zero-order valence-electron chi connectivity index (χ0n) is 9.83. The van der Waals surface area contributed by atoms with Gasteiger partial charge in [0, 0.05) is 25.3 Å². The average Bonchev–Trinajstić information content (AvgIpc) is 2.29. The Labute approximate surface area is 102 Å². The van der Waals surface area contributed by atoms with Crippen molar-refractivity contribution in [3.63, 3.8) is 0 Å². The molecule has 2 heterocycles. The summed E-state index contributed by atoms with van der Waals surface area (Å²) >= 11 is 0. The number of anilines is 1. The Balaban J connectivity index is 1.91. The van der Waals surface area contributed by atoms with Gasteiger partial charge in [-0.3, -0.25) is 0 Å². The summed E-state index contributed by atoms with van der Waals surface area (Å²) in [4.78, 5) is 6.47. The first-order valence-electron chi connectivity index (χ1n) is 5.68. The van der Waals surface area contributed by atoms with Crippen molar-refractivity contribution < 1.29 is 8.42 Å². The predicted molar refractivity (Wildman–Crippen MR) is 67.5 cm³/mol. The Morgan fingerprint density at radius 3 is 2.59 bits per heavy atom. The highest BCUT2D eigenvalue weighted by molar-refractivity contribution is 7.88. The molecule has 1 fully saturated rings. The van der Waals surface area contributed by atoms with Gasteiger partial charge in [0.25, 0.3) is 0 Å². The van der Waals surface area contributed by atoms with Gasteiger partial charge < -0.3 is 4.90 Å². The van der Waals surface area contributed by atoms with Gasteiger partial charge in [-0.25, -0.2) is 18.1 Å².